The Labute approximate surface area is 159 Å². The minimum absolute atomic E-state index is 0.0886. The van der Waals surface area contributed by atoms with E-state index < -0.39 is 17.6 Å². The van der Waals surface area contributed by atoms with E-state index in [1.165, 1.54) is 35.3 Å². The third kappa shape index (κ3) is 5.31. The molecule has 2 aromatic rings. The lowest BCUT2D eigenvalue weighted by atomic mass is 10.2. The predicted octanol–water partition coefficient (Wildman–Crippen LogP) is 3.77. The second-order valence-corrected chi connectivity index (χ2v) is 5.34. The second kappa shape index (κ2) is 9.72. The molecule has 144 valence electrons. The molecule has 1 aromatic carbocycles. The highest BCUT2D eigenvalue weighted by Crippen LogP contribution is 2.20. The molecule has 0 atom stereocenters. The van der Waals surface area contributed by atoms with Crippen LogP contribution in [0.1, 0.15) is 17.3 Å². The van der Waals surface area contributed by atoms with E-state index in [4.69, 9.17) is 0 Å². The number of hydrogen-bond acceptors (Lipinski definition) is 4. The Morgan fingerprint density at radius 3 is 2.79 bits per heavy atom. The number of aromatic nitrogens is 2. The van der Waals surface area contributed by atoms with Crippen molar-refractivity contribution in [2.45, 2.75) is 6.92 Å². The number of carbonyl (C=O) groups excluding carboxylic acids is 2. The number of halogens is 2. The van der Waals surface area contributed by atoms with Gasteiger partial charge in [0.05, 0.1) is 29.4 Å². The second-order valence-electron chi connectivity index (χ2n) is 5.34. The average molecular weight is 385 g/mol. The van der Waals surface area contributed by atoms with Crippen LogP contribution in [-0.4, -0.2) is 27.8 Å². The highest BCUT2D eigenvalue weighted by Gasteiger charge is 2.12. The zero-order valence-corrected chi connectivity index (χ0v) is 14.9. The third-order valence-electron chi connectivity index (χ3n) is 3.48. The Balaban J connectivity index is 2.16. The van der Waals surface area contributed by atoms with Crippen LogP contribution in [0.4, 0.5) is 20.2 Å². The highest BCUT2D eigenvalue weighted by molar-refractivity contribution is 6.05. The van der Waals surface area contributed by atoms with E-state index in [0.29, 0.717) is 5.70 Å². The van der Waals surface area contributed by atoms with E-state index in [-0.39, 0.29) is 16.9 Å². The van der Waals surface area contributed by atoms with Crippen LogP contribution in [0.25, 0.3) is 5.70 Å². The fourth-order valence-electron chi connectivity index (χ4n) is 2.15. The maximum atomic E-state index is 13.8. The molecular formula is C19H17F2N5O2. The first-order chi connectivity index (χ1) is 13.5. The van der Waals surface area contributed by atoms with Gasteiger partial charge in [-0.3, -0.25) is 9.59 Å². The van der Waals surface area contributed by atoms with Gasteiger partial charge in [-0.15, -0.1) is 0 Å². The molecule has 0 spiro atoms. The molecule has 7 nitrogen and oxygen atoms in total. The van der Waals surface area contributed by atoms with Crippen molar-refractivity contribution in [3.8, 4) is 0 Å². The summed E-state index contributed by atoms with van der Waals surface area (Å²) in [5.41, 5.74) is 1.03. The summed E-state index contributed by atoms with van der Waals surface area (Å²) in [5.74, 6) is -1.71. The lowest BCUT2D eigenvalue weighted by Crippen LogP contribution is -2.13. The highest BCUT2D eigenvalue weighted by atomic mass is 19.2. The van der Waals surface area contributed by atoms with Crippen LogP contribution in [-0.2, 0) is 4.79 Å². The number of hydrogen-bond donors (Lipinski definition) is 2. The normalized spacial score (nSPS) is 11.8. The number of rotatable bonds is 7. The fourth-order valence-corrected chi connectivity index (χ4v) is 2.15. The van der Waals surface area contributed by atoms with Gasteiger partial charge in [0.1, 0.15) is 5.82 Å². The summed E-state index contributed by atoms with van der Waals surface area (Å²) in [6.45, 7) is 5.05. The number of carbonyl (C=O) groups is 2. The standard InChI is InChI=1S/C19H17F2N5O2/c1-3-15(6-5-9-22-21)26-12-13(11-23-26)19(28)24-14-7-8-16(20)17(10-14)25-18(27)4-2/h3-12H,2H2,1H3,(H,24,28)(H,25,27)/b6-5-,15-3+,22-9+. The first-order valence-electron chi connectivity index (χ1n) is 8.05. The Morgan fingerprint density at radius 2 is 2.11 bits per heavy atom. The monoisotopic (exact) mass is 385 g/mol. The van der Waals surface area contributed by atoms with Gasteiger partial charge in [-0.05, 0) is 43.4 Å². The maximum absolute atomic E-state index is 13.8. The first kappa shape index (κ1) is 20.4. The number of nitrogens with one attached hydrogen (secondary N) is 2. The summed E-state index contributed by atoms with van der Waals surface area (Å²) in [7, 11) is 0. The number of amides is 2. The molecule has 1 heterocycles. The lowest BCUT2D eigenvalue weighted by molar-refractivity contribution is -0.111. The molecule has 2 rings (SSSR count). The SMILES string of the molecule is C=CC(=O)Nc1cc(NC(=O)c2cnn(C(/C=C\C=N\F)=C/C)c2)ccc1F. The van der Waals surface area contributed by atoms with Crippen LogP contribution < -0.4 is 10.6 Å². The van der Waals surface area contributed by atoms with Gasteiger partial charge in [0.2, 0.25) is 5.91 Å². The Hall–Kier alpha value is -3.88. The third-order valence-corrected chi connectivity index (χ3v) is 3.48. The quantitative estimate of drug-likeness (QED) is 0.432. The van der Waals surface area contributed by atoms with Gasteiger partial charge < -0.3 is 10.6 Å². The molecule has 1 aromatic heterocycles. The molecular weight excluding hydrogens is 368 g/mol. The molecule has 0 aliphatic rings. The Morgan fingerprint density at radius 1 is 1.32 bits per heavy atom. The summed E-state index contributed by atoms with van der Waals surface area (Å²) < 4.78 is 27.0. The van der Waals surface area contributed by atoms with Gasteiger partial charge in [0, 0.05) is 11.9 Å². The van der Waals surface area contributed by atoms with Crippen molar-refractivity contribution in [2.75, 3.05) is 10.6 Å². The number of anilines is 2. The molecule has 2 amide bonds. The van der Waals surface area contributed by atoms with Crippen molar-refractivity contribution in [1.82, 2.24) is 9.78 Å². The van der Waals surface area contributed by atoms with Crippen molar-refractivity contribution in [3.63, 3.8) is 0 Å². The molecule has 28 heavy (non-hydrogen) atoms. The lowest BCUT2D eigenvalue weighted by Gasteiger charge is -2.08. The topological polar surface area (TPSA) is 88.4 Å². The number of nitrogens with zero attached hydrogens (tertiary/aromatic N) is 3. The molecule has 0 bridgehead atoms. The largest absolute Gasteiger partial charge is 0.322 e. The van der Waals surface area contributed by atoms with Gasteiger partial charge in [-0.2, -0.15) is 5.10 Å². The molecule has 9 heteroatoms. The molecule has 0 radical (unpaired) electrons. The van der Waals surface area contributed by atoms with E-state index in [1.54, 1.807) is 19.1 Å². The maximum Gasteiger partial charge on any atom is 0.258 e. The van der Waals surface area contributed by atoms with Gasteiger partial charge in [0.15, 0.2) is 0 Å². The van der Waals surface area contributed by atoms with Crippen LogP contribution in [0.2, 0.25) is 0 Å². The molecule has 0 fully saturated rings. The van der Waals surface area contributed by atoms with Crippen molar-refractivity contribution in [3.05, 3.63) is 72.9 Å². The average Bonchev–Trinajstić information content (AvgIpc) is 3.18. The van der Waals surface area contributed by atoms with E-state index in [1.807, 2.05) is 0 Å². The van der Waals surface area contributed by atoms with Crippen LogP contribution >= 0.6 is 0 Å². The molecule has 0 unspecified atom stereocenters. The van der Waals surface area contributed by atoms with Gasteiger partial charge in [-0.1, -0.05) is 22.4 Å². The van der Waals surface area contributed by atoms with Crippen molar-refractivity contribution >= 4 is 35.1 Å². The minimum atomic E-state index is -0.651. The summed E-state index contributed by atoms with van der Waals surface area (Å²) in [6.07, 6.45) is 9.46. The van der Waals surface area contributed by atoms with E-state index in [2.05, 4.69) is 27.5 Å². The summed E-state index contributed by atoms with van der Waals surface area (Å²) in [4.78, 5) is 23.7. The smallest absolute Gasteiger partial charge is 0.258 e. The van der Waals surface area contributed by atoms with Crippen LogP contribution in [0.5, 0.6) is 0 Å². The summed E-state index contributed by atoms with van der Waals surface area (Å²) in [6, 6.07) is 3.76. The number of benzene rings is 1. The Bertz CT molecular complexity index is 976. The van der Waals surface area contributed by atoms with Crippen molar-refractivity contribution in [2.24, 2.45) is 5.21 Å². The zero-order valence-electron chi connectivity index (χ0n) is 14.9. The minimum Gasteiger partial charge on any atom is -0.322 e. The van der Waals surface area contributed by atoms with Crippen LogP contribution in [0.15, 0.2) is 66.7 Å². The zero-order chi connectivity index (χ0) is 20.5. The van der Waals surface area contributed by atoms with E-state index >= 15 is 0 Å². The summed E-state index contributed by atoms with van der Waals surface area (Å²) in [5, 5.41) is 11.3. The molecule has 0 saturated heterocycles. The molecule has 0 aliphatic carbocycles. The van der Waals surface area contributed by atoms with Gasteiger partial charge in [0.25, 0.3) is 5.91 Å². The van der Waals surface area contributed by atoms with Gasteiger partial charge in [-0.25, -0.2) is 9.07 Å². The van der Waals surface area contributed by atoms with Crippen LogP contribution in [0.3, 0.4) is 0 Å². The van der Waals surface area contributed by atoms with Crippen molar-refractivity contribution in [1.29, 1.82) is 0 Å². The first-order valence-corrected chi connectivity index (χ1v) is 8.05. The predicted molar refractivity (Wildman–Crippen MR) is 104 cm³/mol. The van der Waals surface area contributed by atoms with Crippen molar-refractivity contribution < 1.29 is 18.5 Å². The molecule has 0 saturated carbocycles. The fraction of sp³-hybridized carbons (Fsp3) is 0.0526. The Kier molecular flexibility index (Phi) is 7.09. The van der Waals surface area contributed by atoms with E-state index in [0.717, 1.165) is 18.4 Å². The molecule has 2 N–H and O–H groups in total. The van der Waals surface area contributed by atoms with Crippen LogP contribution in [0, 0.1) is 5.82 Å². The molecule has 0 aliphatic heterocycles. The van der Waals surface area contributed by atoms with E-state index in [9.17, 15) is 18.5 Å². The van der Waals surface area contributed by atoms with Gasteiger partial charge >= 0.3 is 0 Å². The summed E-state index contributed by atoms with van der Waals surface area (Å²) >= 11 is 0. The number of allylic oxidation sites excluding steroid dienone is 4.